The highest BCUT2D eigenvalue weighted by Crippen LogP contribution is 2.08. The second kappa shape index (κ2) is 10.3. The molecule has 142 valence electrons. The molecular weight excluding hydrogens is 362 g/mol. The summed E-state index contributed by atoms with van der Waals surface area (Å²) < 4.78 is 31.4. The summed E-state index contributed by atoms with van der Waals surface area (Å²) in [5.41, 5.74) is 2.68. The molecule has 1 N–H and O–H groups in total. The molecule has 2 aromatic rings. The maximum Gasteiger partial charge on any atom is 0.330 e. The topological polar surface area (TPSA) is 72.5 Å². The highest BCUT2D eigenvalue weighted by atomic mass is 32.2. The predicted octanol–water partition coefficient (Wildman–Crippen LogP) is 3.40. The van der Waals surface area contributed by atoms with Crippen molar-refractivity contribution >= 4 is 28.1 Å². The highest BCUT2D eigenvalue weighted by Gasteiger charge is 2.07. The Morgan fingerprint density at radius 1 is 1.00 bits per heavy atom. The Balaban J connectivity index is 1.85. The van der Waals surface area contributed by atoms with E-state index >= 15 is 0 Å². The average Bonchev–Trinajstić information content (AvgIpc) is 2.67. The van der Waals surface area contributed by atoms with Crippen LogP contribution in [0, 0.1) is 0 Å². The SMILES string of the molecule is CCOC(=O)C=Cc1ccc(C=CNS(=O)(=O)CCc2ccccc2)cc1. The van der Waals surface area contributed by atoms with E-state index < -0.39 is 10.0 Å². The first-order valence-electron chi connectivity index (χ1n) is 8.64. The van der Waals surface area contributed by atoms with Crippen LogP contribution in [0.15, 0.2) is 66.9 Å². The van der Waals surface area contributed by atoms with E-state index in [0.717, 1.165) is 16.7 Å². The van der Waals surface area contributed by atoms with Gasteiger partial charge in [-0.25, -0.2) is 13.2 Å². The van der Waals surface area contributed by atoms with Crippen LogP contribution in [0.4, 0.5) is 0 Å². The molecule has 0 aliphatic heterocycles. The Morgan fingerprint density at radius 3 is 2.26 bits per heavy atom. The number of carbonyl (C=O) groups excluding carboxylic acids is 1. The lowest BCUT2D eigenvalue weighted by Crippen LogP contribution is -2.22. The monoisotopic (exact) mass is 385 g/mol. The van der Waals surface area contributed by atoms with Crippen LogP contribution in [0.1, 0.15) is 23.6 Å². The number of sulfonamides is 1. The average molecular weight is 385 g/mol. The van der Waals surface area contributed by atoms with Gasteiger partial charge < -0.3 is 4.74 Å². The number of hydrogen-bond donors (Lipinski definition) is 1. The number of nitrogens with one attached hydrogen (secondary N) is 1. The van der Waals surface area contributed by atoms with Gasteiger partial charge in [-0.2, -0.15) is 0 Å². The van der Waals surface area contributed by atoms with Crippen molar-refractivity contribution in [1.29, 1.82) is 0 Å². The van der Waals surface area contributed by atoms with Crippen molar-refractivity contribution in [2.45, 2.75) is 13.3 Å². The molecule has 0 saturated carbocycles. The van der Waals surface area contributed by atoms with E-state index in [1.807, 2.05) is 54.6 Å². The summed E-state index contributed by atoms with van der Waals surface area (Å²) in [5, 5.41) is 0. The summed E-state index contributed by atoms with van der Waals surface area (Å²) in [5.74, 6) is -0.356. The van der Waals surface area contributed by atoms with E-state index in [9.17, 15) is 13.2 Å². The lowest BCUT2D eigenvalue weighted by molar-refractivity contribution is -0.137. The predicted molar refractivity (Wildman–Crippen MR) is 108 cm³/mol. The van der Waals surface area contributed by atoms with Gasteiger partial charge in [-0.15, -0.1) is 0 Å². The van der Waals surface area contributed by atoms with Gasteiger partial charge in [-0.1, -0.05) is 54.6 Å². The van der Waals surface area contributed by atoms with Crippen molar-refractivity contribution in [3.8, 4) is 0 Å². The van der Waals surface area contributed by atoms with Gasteiger partial charge in [0.15, 0.2) is 0 Å². The molecule has 0 atom stereocenters. The van der Waals surface area contributed by atoms with Crippen molar-refractivity contribution in [2.75, 3.05) is 12.4 Å². The van der Waals surface area contributed by atoms with Gasteiger partial charge in [-0.05, 0) is 42.2 Å². The first kappa shape index (κ1) is 20.5. The van der Waals surface area contributed by atoms with E-state index in [2.05, 4.69) is 4.72 Å². The molecule has 6 heteroatoms. The van der Waals surface area contributed by atoms with Crippen molar-refractivity contribution in [3.05, 3.63) is 83.6 Å². The molecule has 0 saturated heterocycles. The van der Waals surface area contributed by atoms with Gasteiger partial charge in [0, 0.05) is 12.3 Å². The first-order chi connectivity index (χ1) is 13.0. The van der Waals surface area contributed by atoms with E-state index in [0.29, 0.717) is 13.0 Å². The number of esters is 1. The van der Waals surface area contributed by atoms with Gasteiger partial charge >= 0.3 is 5.97 Å². The molecule has 0 aromatic heterocycles. The Bertz CT molecular complexity index is 886. The van der Waals surface area contributed by atoms with E-state index in [4.69, 9.17) is 4.74 Å². The number of rotatable bonds is 9. The normalized spacial score (nSPS) is 11.7. The lowest BCUT2D eigenvalue weighted by atomic mass is 10.1. The number of carbonyl (C=O) groups is 1. The van der Waals surface area contributed by atoms with Crippen LogP contribution in [0.3, 0.4) is 0 Å². The van der Waals surface area contributed by atoms with Gasteiger partial charge in [0.1, 0.15) is 0 Å². The number of benzene rings is 2. The fourth-order valence-corrected chi connectivity index (χ4v) is 3.16. The molecule has 0 bridgehead atoms. The molecule has 0 fully saturated rings. The molecule has 0 aliphatic rings. The van der Waals surface area contributed by atoms with Crippen molar-refractivity contribution < 1.29 is 17.9 Å². The molecule has 5 nitrogen and oxygen atoms in total. The molecular formula is C21H23NO4S. The third-order valence-corrected chi connectivity index (χ3v) is 4.90. The maximum atomic E-state index is 12.0. The quantitative estimate of drug-likeness (QED) is 0.530. The molecule has 2 rings (SSSR count). The fraction of sp³-hybridized carbons (Fsp3) is 0.190. The Morgan fingerprint density at radius 2 is 1.63 bits per heavy atom. The second-order valence-electron chi connectivity index (χ2n) is 5.76. The van der Waals surface area contributed by atoms with Crippen molar-refractivity contribution in [3.63, 3.8) is 0 Å². The molecule has 0 aliphatic carbocycles. The summed E-state index contributed by atoms with van der Waals surface area (Å²) in [6.07, 6.45) is 6.60. The van der Waals surface area contributed by atoms with Crippen molar-refractivity contribution in [1.82, 2.24) is 4.72 Å². The molecule has 0 unspecified atom stereocenters. The van der Waals surface area contributed by atoms with Gasteiger partial charge in [0.25, 0.3) is 0 Å². The third-order valence-electron chi connectivity index (χ3n) is 3.66. The Hall–Kier alpha value is -2.86. The zero-order valence-electron chi connectivity index (χ0n) is 15.2. The Labute approximate surface area is 160 Å². The smallest absolute Gasteiger partial charge is 0.330 e. The highest BCUT2D eigenvalue weighted by molar-refractivity contribution is 7.89. The lowest BCUT2D eigenvalue weighted by Gasteiger charge is -2.04. The number of hydrogen-bond acceptors (Lipinski definition) is 4. The molecule has 0 amide bonds. The summed E-state index contributed by atoms with van der Waals surface area (Å²) in [4.78, 5) is 11.3. The van der Waals surface area contributed by atoms with Crippen LogP contribution in [-0.4, -0.2) is 26.7 Å². The van der Waals surface area contributed by atoms with E-state index in [-0.39, 0.29) is 11.7 Å². The van der Waals surface area contributed by atoms with E-state index in [1.54, 1.807) is 19.1 Å². The van der Waals surface area contributed by atoms with Gasteiger partial charge in [0.05, 0.1) is 12.4 Å². The van der Waals surface area contributed by atoms with Gasteiger partial charge in [0.2, 0.25) is 10.0 Å². The molecule has 0 radical (unpaired) electrons. The minimum Gasteiger partial charge on any atom is -0.463 e. The molecule has 0 heterocycles. The first-order valence-corrected chi connectivity index (χ1v) is 10.3. The van der Waals surface area contributed by atoms with Crippen molar-refractivity contribution in [2.24, 2.45) is 0 Å². The number of ether oxygens (including phenoxy) is 1. The summed E-state index contributed by atoms with van der Waals surface area (Å²) >= 11 is 0. The molecule has 0 spiro atoms. The largest absolute Gasteiger partial charge is 0.463 e. The van der Waals surface area contributed by atoms with Crippen LogP contribution in [0.2, 0.25) is 0 Å². The standard InChI is InChI=1S/C21H23NO4S/c1-2-26-21(23)13-12-19-8-10-20(11-9-19)14-16-22-27(24,25)17-15-18-6-4-3-5-7-18/h3-14,16,22H,2,15,17H2,1H3. The molecule has 2 aromatic carbocycles. The zero-order chi connectivity index (χ0) is 19.5. The van der Waals surface area contributed by atoms with Crippen LogP contribution in [-0.2, 0) is 26.0 Å². The number of aryl methyl sites for hydroxylation is 1. The minimum absolute atomic E-state index is 0.0267. The maximum absolute atomic E-state index is 12.0. The van der Waals surface area contributed by atoms with Gasteiger partial charge in [-0.3, -0.25) is 4.72 Å². The summed E-state index contributed by atoms with van der Waals surface area (Å²) in [6.45, 7) is 2.09. The Kier molecular flexibility index (Phi) is 7.82. The van der Waals surface area contributed by atoms with Crippen LogP contribution < -0.4 is 4.72 Å². The van der Waals surface area contributed by atoms with Crippen LogP contribution in [0.5, 0.6) is 0 Å². The summed E-state index contributed by atoms with van der Waals surface area (Å²) in [7, 11) is -3.38. The fourth-order valence-electron chi connectivity index (χ4n) is 2.26. The van der Waals surface area contributed by atoms with Crippen LogP contribution in [0.25, 0.3) is 12.2 Å². The minimum atomic E-state index is -3.38. The van der Waals surface area contributed by atoms with E-state index in [1.165, 1.54) is 12.3 Å². The second-order valence-corrected chi connectivity index (χ2v) is 7.63. The molecule has 27 heavy (non-hydrogen) atoms. The summed E-state index contributed by atoms with van der Waals surface area (Å²) in [6, 6.07) is 16.8. The third kappa shape index (κ3) is 7.92. The zero-order valence-corrected chi connectivity index (χ0v) is 16.0. The van der Waals surface area contributed by atoms with Crippen LogP contribution >= 0.6 is 0 Å².